The number of nitro groups is 1. The number of benzene rings is 1. The lowest BCUT2D eigenvalue weighted by molar-refractivity contribution is -0.384. The number of aromatic nitrogens is 1. The van der Waals surface area contributed by atoms with Crippen molar-refractivity contribution < 1.29 is 9.66 Å². The summed E-state index contributed by atoms with van der Waals surface area (Å²) in [5, 5.41) is 13.6. The quantitative estimate of drug-likeness (QED) is 0.624. The third-order valence-corrected chi connectivity index (χ3v) is 4.65. The van der Waals surface area contributed by atoms with Crippen LogP contribution in [0.1, 0.15) is 12.8 Å². The zero-order valence-corrected chi connectivity index (χ0v) is 13.1. The fourth-order valence-electron chi connectivity index (χ4n) is 2.50. The minimum atomic E-state index is -0.397. The van der Waals surface area contributed by atoms with E-state index in [2.05, 4.69) is 9.88 Å². The molecule has 1 aromatic heterocycles. The molecule has 7 heteroatoms. The highest BCUT2D eigenvalue weighted by Crippen LogP contribution is 2.28. The van der Waals surface area contributed by atoms with Crippen molar-refractivity contribution in [3.8, 4) is 11.3 Å². The number of nitrogens with zero attached hydrogens (tertiary/aromatic N) is 3. The van der Waals surface area contributed by atoms with Crippen molar-refractivity contribution in [1.29, 1.82) is 0 Å². The highest BCUT2D eigenvalue weighted by atomic mass is 32.1. The zero-order chi connectivity index (χ0) is 15.5. The Bertz CT molecular complexity index is 650. The molecule has 1 atom stereocenters. The Morgan fingerprint density at radius 3 is 2.86 bits per heavy atom. The third kappa shape index (κ3) is 3.26. The van der Waals surface area contributed by atoms with Crippen molar-refractivity contribution >= 4 is 22.2 Å². The molecule has 1 fully saturated rings. The van der Waals surface area contributed by atoms with Crippen LogP contribution in [0.2, 0.25) is 0 Å². The summed E-state index contributed by atoms with van der Waals surface area (Å²) in [5.41, 5.74) is 1.82. The maximum atomic E-state index is 10.7. The third-order valence-electron chi connectivity index (χ3n) is 3.69. The number of hydrogen-bond acceptors (Lipinski definition) is 6. The molecule has 0 aliphatic carbocycles. The molecule has 1 aliphatic heterocycles. The monoisotopic (exact) mass is 319 g/mol. The second kappa shape index (κ2) is 6.41. The van der Waals surface area contributed by atoms with E-state index in [0.717, 1.165) is 42.4 Å². The summed E-state index contributed by atoms with van der Waals surface area (Å²) in [4.78, 5) is 17.0. The van der Waals surface area contributed by atoms with Crippen LogP contribution in [0.25, 0.3) is 11.3 Å². The largest absolute Gasteiger partial charge is 0.376 e. The first kappa shape index (κ1) is 14.9. The second-order valence-corrected chi connectivity index (χ2v) is 6.17. The van der Waals surface area contributed by atoms with Gasteiger partial charge >= 0.3 is 0 Å². The first-order chi connectivity index (χ1) is 10.6. The van der Waals surface area contributed by atoms with Crippen LogP contribution >= 0.6 is 11.3 Å². The minimum absolute atomic E-state index is 0.0923. The van der Waals surface area contributed by atoms with Gasteiger partial charge in [-0.3, -0.25) is 10.1 Å². The second-order valence-electron chi connectivity index (χ2n) is 5.33. The number of likely N-dealkylation sites (N-methyl/N-ethyl adjacent to an activating group) is 1. The molecule has 0 N–H and O–H groups in total. The van der Waals surface area contributed by atoms with Crippen molar-refractivity contribution in [2.75, 3.05) is 25.1 Å². The predicted molar refractivity (Wildman–Crippen MR) is 86.4 cm³/mol. The molecule has 3 rings (SSSR count). The summed E-state index contributed by atoms with van der Waals surface area (Å²) < 4.78 is 5.64. The molecule has 22 heavy (non-hydrogen) atoms. The number of hydrogen-bond donors (Lipinski definition) is 0. The summed E-state index contributed by atoms with van der Waals surface area (Å²) in [6.07, 6.45) is 2.52. The van der Waals surface area contributed by atoms with E-state index in [0.29, 0.717) is 0 Å². The van der Waals surface area contributed by atoms with Gasteiger partial charge in [-0.15, -0.1) is 11.3 Å². The van der Waals surface area contributed by atoms with Gasteiger partial charge in [-0.2, -0.15) is 0 Å². The van der Waals surface area contributed by atoms with E-state index in [1.165, 1.54) is 12.1 Å². The molecule has 1 aliphatic rings. The van der Waals surface area contributed by atoms with E-state index in [4.69, 9.17) is 4.74 Å². The Labute approximate surface area is 132 Å². The Kier molecular flexibility index (Phi) is 4.35. The van der Waals surface area contributed by atoms with E-state index in [1.54, 1.807) is 23.5 Å². The summed E-state index contributed by atoms with van der Waals surface area (Å²) in [7, 11) is 2.01. The Balaban J connectivity index is 1.70. The number of nitro benzene ring substituents is 1. The van der Waals surface area contributed by atoms with E-state index in [1.807, 2.05) is 12.4 Å². The van der Waals surface area contributed by atoms with Gasteiger partial charge in [-0.25, -0.2) is 4.98 Å². The van der Waals surface area contributed by atoms with Crippen molar-refractivity contribution in [1.82, 2.24) is 4.98 Å². The molecule has 0 amide bonds. The number of non-ortho nitro benzene ring substituents is 1. The van der Waals surface area contributed by atoms with Crippen molar-refractivity contribution in [2.45, 2.75) is 18.9 Å². The van der Waals surface area contributed by atoms with Crippen LogP contribution < -0.4 is 4.90 Å². The highest BCUT2D eigenvalue weighted by molar-refractivity contribution is 7.14. The van der Waals surface area contributed by atoms with Gasteiger partial charge in [0, 0.05) is 43.3 Å². The molecular weight excluding hydrogens is 302 g/mol. The number of anilines is 1. The molecule has 2 heterocycles. The average molecular weight is 319 g/mol. The SMILES string of the molecule is CN(CC1CCCO1)c1nc(-c2ccc([N+](=O)[O-])cc2)cs1. The molecule has 0 radical (unpaired) electrons. The molecule has 1 unspecified atom stereocenters. The minimum Gasteiger partial charge on any atom is -0.376 e. The fraction of sp³-hybridized carbons (Fsp3) is 0.400. The Hall–Kier alpha value is -1.99. The molecular formula is C15H17N3O3S. The van der Waals surface area contributed by atoms with E-state index in [-0.39, 0.29) is 11.8 Å². The smallest absolute Gasteiger partial charge is 0.269 e. The van der Waals surface area contributed by atoms with Crippen LogP contribution in [0, 0.1) is 10.1 Å². The van der Waals surface area contributed by atoms with Crippen molar-refractivity contribution in [2.24, 2.45) is 0 Å². The predicted octanol–water partition coefficient (Wildman–Crippen LogP) is 3.33. The maximum absolute atomic E-state index is 10.7. The number of rotatable bonds is 5. The fourth-order valence-corrected chi connectivity index (χ4v) is 3.31. The van der Waals surface area contributed by atoms with Crippen LogP contribution in [0.3, 0.4) is 0 Å². The van der Waals surface area contributed by atoms with Crippen LogP contribution in [-0.4, -0.2) is 36.2 Å². The number of thiazole rings is 1. The summed E-state index contributed by atoms with van der Waals surface area (Å²) in [5.74, 6) is 0. The molecule has 116 valence electrons. The molecule has 1 aromatic carbocycles. The van der Waals surface area contributed by atoms with Gasteiger partial charge in [0.05, 0.1) is 16.7 Å². The van der Waals surface area contributed by atoms with E-state index >= 15 is 0 Å². The Morgan fingerprint density at radius 2 is 2.23 bits per heavy atom. The van der Waals surface area contributed by atoms with Gasteiger partial charge in [0.15, 0.2) is 5.13 Å². The van der Waals surface area contributed by atoms with Gasteiger partial charge in [-0.1, -0.05) is 0 Å². The summed E-state index contributed by atoms with van der Waals surface area (Å²) in [6, 6.07) is 6.48. The van der Waals surface area contributed by atoms with Gasteiger partial charge in [0.1, 0.15) is 0 Å². The lowest BCUT2D eigenvalue weighted by Gasteiger charge is -2.19. The standard InChI is InChI=1S/C15H17N3O3S/c1-17(9-13-3-2-8-21-13)15-16-14(10-22-15)11-4-6-12(7-5-11)18(19)20/h4-7,10,13H,2-3,8-9H2,1H3. The van der Waals surface area contributed by atoms with Crippen LogP contribution in [0.5, 0.6) is 0 Å². The number of ether oxygens (including phenoxy) is 1. The zero-order valence-electron chi connectivity index (χ0n) is 12.3. The lowest BCUT2D eigenvalue weighted by atomic mass is 10.1. The van der Waals surface area contributed by atoms with Gasteiger partial charge in [0.2, 0.25) is 0 Å². The first-order valence-electron chi connectivity index (χ1n) is 7.16. The van der Waals surface area contributed by atoms with Crippen molar-refractivity contribution in [3.63, 3.8) is 0 Å². The van der Waals surface area contributed by atoms with Crippen LogP contribution in [0.15, 0.2) is 29.6 Å². The molecule has 0 saturated carbocycles. The Morgan fingerprint density at radius 1 is 1.45 bits per heavy atom. The average Bonchev–Trinajstić information content (AvgIpc) is 3.18. The van der Waals surface area contributed by atoms with Crippen LogP contribution in [0.4, 0.5) is 10.8 Å². The van der Waals surface area contributed by atoms with E-state index in [9.17, 15) is 10.1 Å². The lowest BCUT2D eigenvalue weighted by Crippen LogP contribution is -2.28. The summed E-state index contributed by atoms with van der Waals surface area (Å²) >= 11 is 1.57. The van der Waals surface area contributed by atoms with Gasteiger partial charge < -0.3 is 9.64 Å². The molecule has 2 aromatic rings. The first-order valence-corrected chi connectivity index (χ1v) is 8.04. The normalized spacial score (nSPS) is 17.6. The maximum Gasteiger partial charge on any atom is 0.269 e. The molecule has 0 bridgehead atoms. The van der Waals surface area contributed by atoms with Gasteiger partial charge in [0.25, 0.3) is 5.69 Å². The summed E-state index contributed by atoms with van der Waals surface area (Å²) in [6.45, 7) is 1.69. The van der Waals surface area contributed by atoms with Gasteiger partial charge in [-0.05, 0) is 25.0 Å². The van der Waals surface area contributed by atoms with Crippen molar-refractivity contribution in [3.05, 3.63) is 39.8 Å². The van der Waals surface area contributed by atoms with E-state index < -0.39 is 4.92 Å². The molecule has 6 nitrogen and oxygen atoms in total. The topological polar surface area (TPSA) is 68.5 Å². The molecule has 1 saturated heterocycles. The molecule has 0 spiro atoms. The van der Waals surface area contributed by atoms with Crippen LogP contribution in [-0.2, 0) is 4.74 Å². The highest BCUT2D eigenvalue weighted by Gasteiger charge is 2.19.